The monoisotopic (exact) mass is 246 g/mol. The molecule has 3 N–H and O–H groups in total. The summed E-state index contributed by atoms with van der Waals surface area (Å²) in [6.45, 7) is 4.78. The largest absolute Gasteiger partial charge is 0.316 e. The lowest BCUT2D eigenvalue weighted by Crippen LogP contribution is -2.29. The maximum atomic E-state index is 11.9. The molecule has 0 aromatic carbocycles. The minimum atomic E-state index is -3.47. The van der Waals surface area contributed by atoms with Crippen LogP contribution in [0.3, 0.4) is 0 Å². The average molecular weight is 246 g/mol. The van der Waals surface area contributed by atoms with Crippen molar-refractivity contribution in [3.63, 3.8) is 0 Å². The zero-order chi connectivity index (χ0) is 12.2. The molecule has 0 saturated heterocycles. The summed E-state index contributed by atoms with van der Waals surface area (Å²) >= 11 is 0. The topological polar surface area (TPSA) is 86.9 Å². The van der Waals surface area contributed by atoms with Crippen molar-refractivity contribution in [2.24, 2.45) is 5.92 Å². The lowest BCUT2D eigenvalue weighted by atomic mass is 10.2. The van der Waals surface area contributed by atoms with Crippen LogP contribution in [0.1, 0.15) is 19.4 Å². The number of aromatic amines is 1. The van der Waals surface area contributed by atoms with Gasteiger partial charge in [0, 0.05) is 18.7 Å². The van der Waals surface area contributed by atoms with Crippen LogP contribution in [-0.4, -0.2) is 32.2 Å². The van der Waals surface area contributed by atoms with Gasteiger partial charge in [0.25, 0.3) is 10.0 Å². The first-order chi connectivity index (χ1) is 7.47. The third-order valence-electron chi connectivity index (χ3n) is 2.00. The Bertz CT molecular complexity index is 424. The van der Waals surface area contributed by atoms with Gasteiger partial charge in [-0.3, -0.25) is 5.10 Å². The van der Waals surface area contributed by atoms with Crippen molar-refractivity contribution in [3.8, 4) is 0 Å². The summed E-state index contributed by atoms with van der Waals surface area (Å²) < 4.78 is 26.3. The fraction of sp³-hybridized carbons (Fsp3) is 0.667. The van der Waals surface area contributed by atoms with E-state index in [1.165, 1.54) is 6.20 Å². The molecule has 0 unspecified atom stereocenters. The summed E-state index contributed by atoms with van der Waals surface area (Å²) in [4.78, 5) is 0. The Labute approximate surface area is 95.9 Å². The van der Waals surface area contributed by atoms with Crippen LogP contribution in [-0.2, 0) is 16.6 Å². The summed E-state index contributed by atoms with van der Waals surface area (Å²) in [5, 5.41) is 9.30. The van der Waals surface area contributed by atoms with Gasteiger partial charge in [-0.1, -0.05) is 13.8 Å². The molecular weight excluding hydrogens is 228 g/mol. The van der Waals surface area contributed by atoms with Gasteiger partial charge in [0.2, 0.25) is 0 Å². The SMILES string of the molecule is CNCc1cn[nH]c1S(=O)(=O)NCC(C)C. The minimum absolute atomic E-state index is 0.141. The standard InChI is InChI=1S/C9H18N4O2S/c1-7(2)4-12-16(14,15)9-8(5-10-3)6-11-13-9/h6-7,10,12H,4-5H2,1-3H3,(H,11,13). The highest BCUT2D eigenvalue weighted by Gasteiger charge is 2.20. The molecular formula is C9H18N4O2S. The Balaban J connectivity index is 2.85. The number of nitrogens with one attached hydrogen (secondary N) is 3. The van der Waals surface area contributed by atoms with Gasteiger partial charge in [-0.05, 0) is 13.0 Å². The highest BCUT2D eigenvalue weighted by atomic mass is 32.2. The van der Waals surface area contributed by atoms with Crippen molar-refractivity contribution in [1.82, 2.24) is 20.2 Å². The molecule has 7 heteroatoms. The van der Waals surface area contributed by atoms with E-state index in [9.17, 15) is 8.42 Å². The van der Waals surface area contributed by atoms with Crippen LogP contribution >= 0.6 is 0 Å². The Morgan fingerprint density at radius 1 is 1.50 bits per heavy atom. The highest BCUT2D eigenvalue weighted by Crippen LogP contribution is 2.11. The summed E-state index contributed by atoms with van der Waals surface area (Å²) in [5.74, 6) is 0.269. The molecule has 6 nitrogen and oxygen atoms in total. The molecule has 1 aromatic heterocycles. The number of aromatic nitrogens is 2. The molecule has 0 fully saturated rings. The molecule has 1 rings (SSSR count). The van der Waals surface area contributed by atoms with E-state index < -0.39 is 10.0 Å². The lowest BCUT2D eigenvalue weighted by Gasteiger charge is -2.08. The van der Waals surface area contributed by atoms with E-state index in [2.05, 4.69) is 20.2 Å². The Morgan fingerprint density at radius 2 is 2.19 bits per heavy atom. The first kappa shape index (κ1) is 13.1. The number of hydrogen-bond acceptors (Lipinski definition) is 4. The second-order valence-electron chi connectivity index (χ2n) is 4.00. The van der Waals surface area contributed by atoms with E-state index in [1.54, 1.807) is 7.05 Å². The normalized spacial score (nSPS) is 12.2. The number of H-pyrrole nitrogens is 1. The van der Waals surface area contributed by atoms with Gasteiger partial charge in [-0.2, -0.15) is 5.10 Å². The van der Waals surface area contributed by atoms with Gasteiger partial charge in [-0.15, -0.1) is 0 Å². The molecule has 0 bridgehead atoms. The number of sulfonamides is 1. The molecule has 0 saturated carbocycles. The van der Waals surface area contributed by atoms with Gasteiger partial charge >= 0.3 is 0 Å². The fourth-order valence-electron chi connectivity index (χ4n) is 1.20. The van der Waals surface area contributed by atoms with Crippen LogP contribution < -0.4 is 10.0 Å². The third-order valence-corrected chi connectivity index (χ3v) is 3.43. The molecule has 0 atom stereocenters. The molecule has 92 valence electrons. The summed E-state index contributed by atoms with van der Waals surface area (Å²) in [6.07, 6.45) is 1.51. The van der Waals surface area contributed by atoms with E-state index in [4.69, 9.17) is 0 Å². The number of rotatable bonds is 6. The van der Waals surface area contributed by atoms with Gasteiger partial charge in [0.05, 0.1) is 6.20 Å². The molecule has 0 spiro atoms. The first-order valence-corrected chi connectivity index (χ1v) is 6.62. The van der Waals surface area contributed by atoms with Crippen LogP contribution in [0.5, 0.6) is 0 Å². The summed E-state index contributed by atoms with van der Waals surface area (Å²) in [5.41, 5.74) is 0.638. The van der Waals surface area contributed by atoms with Gasteiger partial charge in [0.1, 0.15) is 0 Å². The van der Waals surface area contributed by atoms with E-state index in [1.807, 2.05) is 13.8 Å². The van der Waals surface area contributed by atoms with Crippen molar-refractivity contribution in [3.05, 3.63) is 11.8 Å². The summed E-state index contributed by atoms with van der Waals surface area (Å²) in [6, 6.07) is 0. The Morgan fingerprint density at radius 3 is 2.75 bits per heavy atom. The maximum Gasteiger partial charge on any atom is 0.257 e. The molecule has 0 aliphatic rings. The van der Waals surface area contributed by atoms with Crippen LogP contribution in [0.2, 0.25) is 0 Å². The van der Waals surface area contributed by atoms with Gasteiger partial charge in [0.15, 0.2) is 5.03 Å². The average Bonchev–Trinajstić information content (AvgIpc) is 2.64. The zero-order valence-corrected chi connectivity index (χ0v) is 10.6. The maximum absolute atomic E-state index is 11.9. The van der Waals surface area contributed by atoms with Crippen molar-refractivity contribution >= 4 is 10.0 Å². The molecule has 0 amide bonds. The van der Waals surface area contributed by atoms with Crippen molar-refractivity contribution in [1.29, 1.82) is 0 Å². The van der Waals surface area contributed by atoms with Crippen LogP contribution in [0.4, 0.5) is 0 Å². The van der Waals surface area contributed by atoms with Crippen molar-refractivity contribution in [2.45, 2.75) is 25.4 Å². The highest BCUT2D eigenvalue weighted by molar-refractivity contribution is 7.89. The number of hydrogen-bond donors (Lipinski definition) is 3. The van der Waals surface area contributed by atoms with E-state index in [0.29, 0.717) is 18.7 Å². The molecule has 1 aromatic rings. The fourth-order valence-corrected chi connectivity index (χ4v) is 2.54. The second-order valence-corrected chi connectivity index (χ2v) is 5.70. The quantitative estimate of drug-likeness (QED) is 0.662. The van der Waals surface area contributed by atoms with Gasteiger partial charge in [-0.25, -0.2) is 13.1 Å². The van der Waals surface area contributed by atoms with E-state index >= 15 is 0 Å². The third kappa shape index (κ3) is 3.29. The van der Waals surface area contributed by atoms with Crippen molar-refractivity contribution < 1.29 is 8.42 Å². The molecule has 0 radical (unpaired) electrons. The van der Waals surface area contributed by atoms with Crippen LogP contribution in [0, 0.1) is 5.92 Å². The summed E-state index contributed by atoms with van der Waals surface area (Å²) in [7, 11) is -1.72. The predicted molar refractivity (Wildman–Crippen MR) is 61.4 cm³/mol. The first-order valence-electron chi connectivity index (χ1n) is 5.14. The number of nitrogens with zero attached hydrogens (tertiary/aromatic N) is 1. The molecule has 0 aliphatic heterocycles. The molecule has 1 heterocycles. The molecule has 0 aliphatic carbocycles. The zero-order valence-electron chi connectivity index (χ0n) is 9.74. The predicted octanol–water partition coefficient (Wildman–Crippen LogP) is 0.0634. The van der Waals surface area contributed by atoms with Crippen molar-refractivity contribution in [2.75, 3.05) is 13.6 Å². The van der Waals surface area contributed by atoms with E-state index in [-0.39, 0.29) is 10.9 Å². The van der Waals surface area contributed by atoms with E-state index in [0.717, 1.165) is 0 Å². The Hall–Kier alpha value is -0.920. The smallest absolute Gasteiger partial charge is 0.257 e. The second kappa shape index (κ2) is 5.42. The lowest BCUT2D eigenvalue weighted by molar-refractivity contribution is 0.555. The molecule has 16 heavy (non-hydrogen) atoms. The van der Waals surface area contributed by atoms with Crippen LogP contribution in [0.25, 0.3) is 0 Å². The van der Waals surface area contributed by atoms with Gasteiger partial charge < -0.3 is 5.32 Å². The Kier molecular flexibility index (Phi) is 4.45. The van der Waals surface area contributed by atoms with Crippen LogP contribution in [0.15, 0.2) is 11.2 Å². The minimum Gasteiger partial charge on any atom is -0.316 e.